The normalized spacial score (nSPS) is 19.3. The lowest BCUT2D eigenvalue weighted by molar-refractivity contribution is 0.0692. The molecule has 6 heteroatoms. The van der Waals surface area contributed by atoms with Gasteiger partial charge in [0.25, 0.3) is 0 Å². The van der Waals surface area contributed by atoms with Gasteiger partial charge in [-0.1, -0.05) is 24.3 Å². The number of benzene rings is 1. The van der Waals surface area contributed by atoms with Crippen LogP contribution in [-0.2, 0) is 10.0 Å². The van der Waals surface area contributed by atoms with Crippen molar-refractivity contribution in [2.45, 2.75) is 30.2 Å². The van der Waals surface area contributed by atoms with Crippen LogP contribution in [0.4, 0.5) is 0 Å². The molecule has 0 spiro atoms. The zero-order chi connectivity index (χ0) is 13.9. The minimum absolute atomic E-state index is 0.170. The number of carboxylic acid groups (broad SMARTS) is 1. The van der Waals surface area contributed by atoms with E-state index in [1.165, 1.54) is 24.3 Å². The minimum Gasteiger partial charge on any atom is -0.478 e. The van der Waals surface area contributed by atoms with Gasteiger partial charge in [-0.05, 0) is 31.4 Å². The van der Waals surface area contributed by atoms with Gasteiger partial charge in [-0.25, -0.2) is 17.9 Å². The fourth-order valence-electron chi connectivity index (χ4n) is 2.06. The monoisotopic (exact) mass is 281 g/mol. The van der Waals surface area contributed by atoms with Crippen LogP contribution in [0, 0.1) is 0 Å². The van der Waals surface area contributed by atoms with Crippen molar-refractivity contribution in [1.29, 1.82) is 0 Å². The number of allylic oxidation sites excluding steroid dienone is 1. The summed E-state index contributed by atoms with van der Waals surface area (Å²) in [5.41, 5.74) is -0.207. The van der Waals surface area contributed by atoms with Gasteiger partial charge in [0, 0.05) is 6.04 Å². The van der Waals surface area contributed by atoms with E-state index in [0.29, 0.717) is 6.42 Å². The summed E-state index contributed by atoms with van der Waals surface area (Å²) < 4.78 is 27.0. The van der Waals surface area contributed by atoms with Gasteiger partial charge in [0.05, 0.1) is 10.5 Å². The van der Waals surface area contributed by atoms with Crippen LogP contribution >= 0.6 is 0 Å². The van der Waals surface area contributed by atoms with E-state index in [2.05, 4.69) is 4.72 Å². The van der Waals surface area contributed by atoms with E-state index >= 15 is 0 Å². The van der Waals surface area contributed by atoms with Gasteiger partial charge < -0.3 is 5.11 Å². The number of carboxylic acids is 1. The molecule has 0 saturated carbocycles. The first-order chi connectivity index (χ1) is 9.00. The van der Waals surface area contributed by atoms with Crippen molar-refractivity contribution in [3.8, 4) is 0 Å². The summed E-state index contributed by atoms with van der Waals surface area (Å²) in [6.07, 6.45) is 6.13. The molecule has 0 radical (unpaired) electrons. The predicted molar refractivity (Wildman–Crippen MR) is 70.5 cm³/mol. The number of hydrogen-bond acceptors (Lipinski definition) is 3. The molecular weight excluding hydrogens is 266 g/mol. The number of rotatable bonds is 4. The molecule has 0 heterocycles. The fraction of sp³-hybridized carbons (Fsp3) is 0.308. The van der Waals surface area contributed by atoms with Crippen LogP contribution in [0.2, 0.25) is 0 Å². The van der Waals surface area contributed by atoms with Gasteiger partial charge in [-0.2, -0.15) is 0 Å². The van der Waals surface area contributed by atoms with Crippen LogP contribution in [-0.4, -0.2) is 25.5 Å². The quantitative estimate of drug-likeness (QED) is 0.824. The molecule has 1 atom stereocenters. The summed E-state index contributed by atoms with van der Waals surface area (Å²) >= 11 is 0. The van der Waals surface area contributed by atoms with Gasteiger partial charge >= 0.3 is 5.97 Å². The van der Waals surface area contributed by atoms with Gasteiger partial charge in [0.2, 0.25) is 10.0 Å². The molecule has 0 aliphatic heterocycles. The minimum atomic E-state index is -3.80. The van der Waals surface area contributed by atoms with Crippen molar-refractivity contribution in [3.63, 3.8) is 0 Å². The highest BCUT2D eigenvalue weighted by Crippen LogP contribution is 2.18. The summed E-state index contributed by atoms with van der Waals surface area (Å²) in [7, 11) is -3.80. The Kier molecular flexibility index (Phi) is 4.01. The highest BCUT2D eigenvalue weighted by Gasteiger charge is 2.24. The fourth-order valence-corrected chi connectivity index (χ4v) is 3.54. The van der Waals surface area contributed by atoms with Crippen LogP contribution in [0.5, 0.6) is 0 Å². The van der Waals surface area contributed by atoms with Crippen molar-refractivity contribution in [1.82, 2.24) is 4.72 Å². The first-order valence-electron chi connectivity index (χ1n) is 6.00. The third-order valence-electron chi connectivity index (χ3n) is 3.00. The Hall–Kier alpha value is -1.66. The average molecular weight is 281 g/mol. The maximum atomic E-state index is 12.2. The van der Waals surface area contributed by atoms with E-state index in [0.717, 1.165) is 12.8 Å². The average Bonchev–Trinajstić information content (AvgIpc) is 2.39. The smallest absolute Gasteiger partial charge is 0.337 e. The summed E-state index contributed by atoms with van der Waals surface area (Å²) in [6.45, 7) is 0. The topological polar surface area (TPSA) is 83.5 Å². The highest BCUT2D eigenvalue weighted by molar-refractivity contribution is 7.89. The molecule has 1 unspecified atom stereocenters. The van der Waals surface area contributed by atoms with Crippen molar-refractivity contribution in [2.24, 2.45) is 0 Å². The summed E-state index contributed by atoms with van der Waals surface area (Å²) in [5, 5.41) is 9.03. The molecule has 1 aromatic rings. The standard InChI is InChI=1S/C13H15NO4S/c15-13(16)11-8-4-5-9-12(11)19(17,18)14-10-6-2-1-3-7-10/h1-2,4-5,8-10,14H,3,6-7H2,(H,15,16). The number of carbonyl (C=O) groups is 1. The largest absolute Gasteiger partial charge is 0.478 e. The Bertz CT molecular complexity index is 607. The van der Waals surface area contributed by atoms with Crippen LogP contribution in [0.25, 0.3) is 0 Å². The third kappa shape index (κ3) is 3.21. The van der Waals surface area contributed by atoms with Gasteiger partial charge in [-0.3, -0.25) is 0 Å². The highest BCUT2D eigenvalue weighted by atomic mass is 32.2. The first-order valence-corrected chi connectivity index (χ1v) is 7.48. The molecule has 0 amide bonds. The molecule has 0 fully saturated rings. The third-order valence-corrected chi connectivity index (χ3v) is 4.58. The van der Waals surface area contributed by atoms with Gasteiger partial charge in [-0.15, -0.1) is 0 Å². The Labute approximate surface area is 112 Å². The summed E-state index contributed by atoms with van der Waals surface area (Å²) in [4.78, 5) is 10.9. The number of nitrogens with one attached hydrogen (secondary N) is 1. The molecule has 2 rings (SSSR count). The van der Waals surface area contributed by atoms with Crippen molar-refractivity contribution in [2.75, 3.05) is 0 Å². The summed E-state index contributed by atoms with van der Waals surface area (Å²) in [6, 6.07) is 5.45. The van der Waals surface area contributed by atoms with Crippen molar-refractivity contribution < 1.29 is 18.3 Å². The Morgan fingerprint density at radius 2 is 2.00 bits per heavy atom. The second-order valence-corrected chi connectivity index (χ2v) is 6.09. The molecule has 2 N–H and O–H groups in total. The zero-order valence-corrected chi connectivity index (χ0v) is 11.1. The molecule has 1 aliphatic carbocycles. The molecule has 0 aromatic heterocycles. The molecular formula is C13H15NO4S. The van der Waals surface area contributed by atoms with Crippen LogP contribution < -0.4 is 4.72 Å². The van der Waals surface area contributed by atoms with Crippen molar-refractivity contribution >= 4 is 16.0 Å². The second-order valence-electron chi connectivity index (χ2n) is 4.40. The number of aromatic carboxylic acids is 1. The van der Waals surface area contributed by atoms with E-state index < -0.39 is 16.0 Å². The number of sulfonamides is 1. The Balaban J connectivity index is 2.29. The maximum Gasteiger partial charge on any atom is 0.337 e. The lowest BCUT2D eigenvalue weighted by Crippen LogP contribution is -2.36. The van der Waals surface area contributed by atoms with E-state index in [9.17, 15) is 13.2 Å². The zero-order valence-electron chi connectivity index (χ0n) is 10.2. The van der Waals surface area contributed by atoms with Crippen LogP contribution in [0.1, 0.15) is 29.6 Å². The lowest BCUT2D eigenvalue weighted by atomic mass is 10.0. The summed E-state index contributed by atoms with van der Waals surface area (Å²) in [5.74, 6) is -1.25. The van der Waals surface area contributed by atoms with E-state index in [-0.39, 0.29) is 16.5 Å². The van der Waals surface area contributed by atoms with Gasteiger partial charge in [0.1, 0.15) is 0 Å². The molecule has 0 saturated heterocycles. The van der Waals surface area contributed by atoms with Gasteiger partial charge in [0.15, 0.2) is 0 Å². The molecule has 0 bridgehead atoms. The number of hydrogen-bond donors (Lipinski definition) is 2. The van der Waals surface area contributed by atoms with E-state index in [4.69, 9.17) is 5.11 Å². The van der Waals surface area contributed by atoms with E-state index in [1.54, 1.807) is 0 Å². The first kappa shape index (κ1) is 13.8. The molecule has 19 heavy (non-hydrogen) atoms. The molecule has 1 aliphatic rings. The van der Waals surface area contributed by atoms with Crippen LogP contribution in [0.3, 0.4) is 0 Å². The molecule has 102 valence electrons. The SMILES string of the molecule is O=C(O)c1ccccc1S(=O)(=O)NC1CC=CCC1. The lowest BCUT2D eigenvalue weighted by Gasteiger charge is -2.19. The van der Waals surface area contributed by atoms with Crippen molar-refractivity contribution in [3.05, 3.63) is 42.0 Å². The molecule has 1 aromatic carbocycles. The van der Waals surface area contributed by atoms with Crippen LogP contribution in [0.15, 0.2) is 41.3 Å². The molecule has 5 nitrogen and oxygen atoms in total. The second kappa shape index (κ2) is 5.54. The Morgan fingerprint density at radius 1 is 1.26 bits per heavy atom. The predicted octanol–water partition coefficient (Wildman–Crippen LogP) is 1.77. The Morgan fingerprint density at radius 3 is 2.63 bits per heavy atom. The maximum absolute atomic E-state index is 12.2. The van der Waals surface area contributed by atoms with E-state index in [1.807, 2.05) is 12.2 Å².